The van der Waals surface area contributed by atoms with Crippen LogP contribution in [0.4, 0.5) is 5.69 Å². The molecule has 0 bridgehead atoms. The molecule has 150 valence electrons. The van der Waals surface area contributed by atoms with Crippen molar-refractivity contribution in [2.75, 3.05) is 32.1 Å². The molecule has 0 aromatic heterocycles. The van der Waals surface area contributed by atoms with E-state index in [0.717, 1.165) is 50.3 Å². The summed E-state index contributed by atoms with van der Waals surface area (Å²) in [6.45, 7) is 4.45. The van der Waals surface area contributed by atoms with E-state index in [2.05, 4.69) is 34.5 Å². The number of benzene rings is 2. The van der Waals surface area contributed by atoms with Crippen LogP contribution in [0, 0.1) is 5.41 Å². The van der Waals surface area contributed by atoms with Gasteiger partial charge in [0.15, 0.2) is 0 Å². The number of nitrogens with zero attached hydrogens (tertiary/aromatic N) is 1. The van der Waals surface area contributed by atoms with Crippen LogP contribution in [0.25, 0.3) is 0 Å². The molecule has 0 unspecified atom stereocenters. The Balaban J connectivity index is 1.66. The van der Waals surface area contributed by atoms with Gasteiger partial charge in [-0.1, -0.05) is 24.3 Å². The van der Waals surface area contributed by atoms with Gasteiger partial charge in [-0.25, -0.2) is 0 Å². The van der Waals surface area contributed by atoms with E-state index < -0.39 is 0 Å². The molecule has 3 rings (SSSR count). The molecule has 5 nitrogen and oxygen atoms in total. The number of ether oxygens (including phenoxy) is 1. The number of nitrogens with one attached hydrogen (secondary N) is 1. The monoisotopic (exact) mass is 382 g/mol. The van der Waals surface area contributed by atoms with Crippen LogP contribution in [0.5, 0.6) is 5.75 Å². The van der Waals surface area contributed by atoms with E-state index in [1.54, 1.807) is 7.11 Å². The predicted octanol–water partition coefficient (Wildman–Crippen LogP) is 3.47. The first-order valence-corrected chi connectivity index (χ1v) is 9.85. The number of carbonyl (C=O) groups is 1. The van der Waals surface area contributed by atoms with Crippen molar-refractivity contribution in [3.8, 4) is 5.75 Å². The van der Waals surface area contributed by atoms with Crippen molar-refractivity contribution in [2.24, 2.45) is 5.41 Å². The Bertz CT molecular complexity index is 791. The first-order chi connectivity index (χ1) is 13.5. The number of hydrogen-bond acceptors (Lipinski definition) is 4. The van der Waals surface area contributed by atoms with Gasteiger partial charge in [-0.3, -0.25) is 9.69 Å². The number of likely N-dealkylation sites (tertiary alicyclic amines) is 1. The van der Waals surface area contributed by atoms with Crippen LogP contribution in [0.15, 0.2) is 48.5 Å². The molecule has 28 heavy (non-hydrogen) atoms. The topological polar surface area (TPSA) is 61.8 Å². The van der Waals surface area contributed by atoms with E-state index >= 15 is 0 Å². The van der Waals surface area contributed by atoms with Crippen LogP contribution in [0.3, 0.4) is 0 Å². The normalized spacial score (nSPS) is 20.0. The van der Waals surface area contributed by atoms with Gasteiger partial charge in [0.25, 0.3) is 0 Å². The Hall–Kier alpha value is -2.37. The van der Waals surface area contributed by atoms with Gasteiger partial charge < -0.3 is 15.2 Å². The second-order valence-corrected chi connectivity index (χ2v) is 7.88. The van der Waals surface area contributed by atoms with Gasteiger partial charge in [-0.15, -0.1) is 0 Å². The zero-order valence-corrected chi connectivity index (χ0v) is 16.8. The maximum Gasteiger partial charge on any atom is 0.221 e. The molecule has 0 aliphatic carbocycles. The molecule has 2 N–H and O–H groups in total. The minimum Gasteiger partial charge on any atom is -0.497 e. The fourth-order valence-corrected chi connectivity index (χ4v) is 4.14. The lowest BCUT2D eigenvalue weighted by Crippen LogP contribution is -2.46. The van der Waals surface area contributed by atoms with E-state index in [-0.39, 0.29) is 17.9 Å². The maximum absolute atomic E-state index is 11.2. The van der Waals surface area contributed by atoms with Crippen molar-refractivity contribution in [1.82, 2.24) is 4.90 Å². The molecule has 1 fully saturated rings. The minimum absolute atomic E-state index is 0.0611. The molecule has 1 heterocycles. The predicted molar refractivity (Wildman–Crippen MR) is 111 cm³/mol. The zero-order valence-electron chi connectivity index (χ0n) is 16.8. The lowest BCUT2D eigenvalue weighted by Gasteiger charge is -2.42. The van der Waals surface area contributed by atoms with Crippen molar-refractivity contribution in [3.63, 3.8) is 0 Å². The zero-order chi connectivity index (χ0) is 20.0. The first-order valence-electron chi connectivity index (χ1n) is 9.85. The third kappa shape index (κ3) is 5.33. The Morgan fingerprint density at radius 3 is 2.68 bits per heavy atom. The second-order valence-electron chi connectivity index (χ2n) is 7.88. The van der Waals surface area contributed by atoms with Gasteiger partial charge >= 0.3 is 0 Å². The minimum atomic E-state index is -0.124. The standard InChI is InChI=1S/C23H30N2O3/c1-18(27)24-21-9-7-19(8-10-21)15-25-12-4-11-23(16-25,17-26)14-20-5-3-6-22(13-20)28-2/h3,5-10,13,26H,4,11-12,14-17H2,1-2H3,(H,24,27)/t23-/m0/s1. The molecule has 1 atom stereocenters. The summed E-state index contributed by atoms with van der Waals surface area (Å²) in [5, 5.41) is 13.0. The van der Waals surface area contributed by atoms with Crippen LogP contribution < -0.4 is 10.1 Å². The molecule has 1 saturated heterocycles. The highest BCUT2D eigenvalue weighted by atomic mass is 16.5. The number of piperidine rings is 1. The molecule has 1 aliphatic rings. The smallest absolute Gasteiger partial charge is 0.221 e. The third-order valence-electron chi connectivity index (χ3n) is 5.47. The summed E-state index contributed by atoms with van der Waals surface area (Å²) >= 11 is 0. The van der Waals surface area contributed by atoms with Crippen molar-refractivity contribution in [2.45, 2.75) is 32.7 Å². The fourth-order valence-electron chi connectivity index (χ4n) is 4.14. The summed E-state index contributed by atoms with van der Waals surface area (Å²) in [4.78, 5) is 13.6. The van der Waals surface area contributed by atoms with E-state index in [1.165, 1.54) is 18.1 Å². The number of amides is 1. The lowest BCUT2D eigenvalue weighted by molar-refractivity contribution is -0.114. The van der Waals surface area contributed by atoms with Gasteiger partial charge in [0.2, 0.25) is 5.91 Å². The van der Waals surface area contributed by atoms with Gasteiger partial charge in [0.1, 0.15) is 5.75 Å². The number of aliphatic hydroxyl groups excluding tert-OH is 1. The van der Waals surface area contributed by atoms with Crippen LogP contribution in [0.2, 0.25) is 0 Å². The van der Waals surface area contributed by atoms with E-state index in [1.807, 2.05) is 24.3 Å². The van der Waals surface area contributed by atoms with Crippen LogP contribution in [0.1, 0.15) is 30.9 Å². The lowest BCUT2D eigenvalue weighted by atomic mass is 9.75. The molecule has 0 spiro atoms. The molecule has 1 amide bonds. The molecule has 2 aromatic rings. The summed E-state index contributed by atoms with van der Waals surface area (Å²) in [5.41, 5.74) is 3.11. The maximum atomic E-state index is 11.2. The summed E-state index contributed by atoms with van der Waals surface area (Å²) in [6, 6.07) is 16.1. The van der Waals surface area contributed by atoms with Gasteiger partial charge in [-0.05, 0) is 61.2 Å². The first kappa shape index (κ1) is 20.4. The Morgan fingerprint density at radius 1 is 1.21 bits per heavy atom. The van der Waals surface area contributed by atoms with Crippen molar-refractivity contribution < 1.29 is 14.6 Å². The van der Waals surface area contributed by atoms with Crippen molar-refractivity contribution in [3.05, 3.63) is 59.7 Å². The second kappa shape index (κ2) is 9.22. The van der Waals surface area contributed by atoms with Crippen LogP contribution >= 0.6 is 0 Å². The van der Waals surface area contributed by atoms with Gasteiger partial charge in [0, 0.05) is 31.1 Å². The van der Waals surface area contributed by atoms with Gasteiger partial charge in [0.05, 0.1) is 13.7 Å². The Labute approximate surface area is 167 Å². The van der Waals surface area contributed by atoms with E-state index in [9.17, 15) is 9.90 Å². The summed E-state index contributed by atoms with van der Waals surface area (Å²) < 4.78 is 5.35. The SMILES string of the molecule is COc1cccc(C[C@@]2(CO)CCCN(Cc3ccc(NC(C)=O)cc3)C2)c1. The number of anilines is 1. The molecular formula is C23H30N2O3. The highest BCUT2D eigenvalue weighted by molar-refractivity contribution is 5.88. The molecule has 0 saturated carbocycles. The van der Waals surface area contributed by atoms with Crippen molar-refractivity contribution in [1.29, 1.82) is 0 Å². The highest BCUT2D eigenvalue weighted by Gasteiger charge is 2.35. The molecule has 5 heteroatoms. The van der Waals surface area contributed by atoms with E-state index in [4.69, 9.17) is 4.74 Å². The fraction of sp³-hybridized carbons (Fsp3) is 0.435. The average molecular weight is 383 g/mol. The van der Waals surface area contributed by atoms with E-state index in [0.29, 0.717) is 0 Å². The summed E-state index contributed by atoms with van der Waals surface area (Å²) in [6.07, 6.45) is 2.95. The molecule has 0 radical (unpaired) electrons. The highest BCUT2D eigenvalue weighted by Crippen LogP contribution is 2.34. The number of carbonyl (C=O) groups excluding carboxylic acids is 1. The van der Waals surface area contributed by atoms with Crippen LogP contribution in [-0.4, -0.2) is 42.7 Å². The number of methoxy groups -OCH3 is 1. The Morgan fingerprint density at radius 2 is 2.00 bits per heavy atom. The molecular weight excluding hydrogens is 352 g/mol. The number of hydrogen-bond donors (Lipinski definition) is 2. The summed E-state index contributed by atoms with van der Waals surface area (Å²) in [7, 11) is 1.68. The molecule has 1 aliphatic heterocycles. The van der Waals surface area contributed by atoms with Crippen LogP contribution in [-0.2, 0) is 17.8 Å². The third-order valence-corrected chi connectivity index (χ3v) is 5.47. The Kier molecular flexibility index (Phi) is 6.70. The average Bonchev–Trinajstić information content (AvgIpc) is 2.69. The number of aliphatic hydroxyl groups is 1. The molecule has 2 aromatic carbocycles. The summed E-state index contributed by atoms with van der Waals surface area (Å²) in [5.74, 6) is 0.798. The largest absolute Gasteiger partial charge is 0.497 e. The van der Waals surface area contributed by atoms with Gasteiger partial charge in [-0.2, -0.15) is 0 Å². The number of rotatable bonds is 7. The quantitative estimate of drug-likeness (QED) is 0.770. The van der Waals surface area contributed by atoms with Crippen molar-refractivity contribution >= 4 is 11.6 Å².